The van der Waals surface area contributed by atoms with Crippen molar-refractivity contribution >= 4 is 12.0 Å². The van der Waals surface area contributed by atoms with E-state index >= 15 is 0 Å². The van der Waals surface area contributed by atoms with Gasteiger partial charge in [-0.15, -0.1) is 0 Å². The van der Waals surface area contributed by atoms with E-state index < -0.39 is 5.97 Å². The molecule has 0 fully saturated rings. The van der Waals surface area contributed by atoms with Crippen LogP contribution in [0.3, 0.4) is 0 Å². The van der Waals surface area contributed by atoms with Crippen LogP contribution in [-0.4, -0.2) is 33.6 Å². The molecule has 0 aliphatic rings. The average Bonchev–Trinajstić information content (AvgIpc) is 2.42. The van der Waals surface area contributed by atoms with Gasteiger partial charge in [-0.05, 0) is 24.3 Å². The summed E-state index contributed by atoms with van der Waals surface area (Å²) >= 11 is 0. The first-order valence-corrected chi connectivity index (χ1v) is 6.95. The van der Waals surface area contributed by atoms with Gasteiger partial charge in [-0.2, -0.15) is 0 Å². The lowest BCUT2D eigenvalue weighted by Gasteiger charge is -2.18. The Balaban J connectivity index is 2.33. The molecule has 1 rings (SSSR count). The summed E-state index contributed by atoms with van der Waals surface area (Å²) in [7, 11) is 0. The molecule has 0 saturated heterocycles. The molecule has 1 unspecified atom stereocenters. The maximum absolute atomic E-state index is 11.7. The lowest BCUT2D eigenvalue weighted by atomic mass is 9.94. The van der Waals surface area contributed by atoms with Gasteiger partial charge in [0.25, 0.3) is 0 Å². The molecule has 1 atom stereocenters. The third kappa shape index (κ3) is 7.86. The number of nitrogens with one attached hydrogen (secondary N) is 2. The van der Waals surface area contributed by atoms with Crippen molar-refractivity contribution in [3.8, 4) is 0 Å². The molecule has 7 nitrogen and oxygen atoms in total. The lowest BCUT2D eigenvalue weighted by Crippen LogP contribution is -2.38. The molecule has 1 aromatic rings. The number of carboxylic acid groups (broad SMARTS) is 1. The molecule has 0 saturated carbocycles. The van der Waals surface area contributed by atoms with Crippen molar-refractivity contribution in [2.45, 2.75) is 33.2 Å². The van der Waals surface area contributed by atoms with E-state index in [1.165, 1.54) is 6.33 Å². The molecule has 0 aliphatic heterocycles. The molecule has 0 spiro atoms. The fourth-order valence-corrected chi connectivity index (χ4v) is 2.05. The Morgan fingerprint density at radius 2 is 2.10 bits per heavy atom. The molecule has 3 N–H and O–H groups in total. The predicted octanol–water partition coefficient (Wildman–Crippen LogP) is 1.41. The van der Waals surface area contributed by atoms with Crippen molar-refractivity contribution in [3.63, 3.8) is 0 Å². The molecule has 0 aromatic carbocycles. The minimum atomic E-state index is -0.844. The highest BCUT2D eigenvalue weighted by Gasteiger charge is 2.16. The molecule has 1 heterocycles. The Kier molecular flexibility index (Phi) is 7.14. The standard InChI is InChI=1S/C14H22N4O3/c1-10(2)5-11(6-13(19)20)7-16-14(21)17-8-12-3-4-15-9-18-12/h3-4,9-11H,5-8H2,1-2H3,(H,19,20)(H2,16,17,21). The number of carbonyl (C=O) groups excluding carboxylic acids is 1. The summed E-state index contributed by atoms with van der Waals surface area (Å²) in [5.41, 5.74) is 0.712. The van der Waals surface area contributed by atoms with E-state index in [1.54, 1.807) is 12.3 Å². The number of hydrogen-bond acceptors (Lipinski definition) is 4. The molecule has 1 aromatic heterocycles. The van der Waals surface area contributed by atoms with Crippen molar-refractivity contribution in [1.29, 1.82) is 0 Å². The van der Waals surface area contributed by atoms with E-state index in [1.807, 2.05) is 13.8 Å². The molecule has 116 valence electrons. The van der Waals surface area contributed by atoms with Gasteiger partial charge in [0.2, 0.25) is 0 Å². The number of rotatable bonds is 8. The minimum absolute atomic E-state index is 0.0599. The Labute approximate surface area is 124 Å². The van der Waals surface area contributed by atoms with Gasteiger partial charge in [0.15, 0.2) is 0 Å². The van der Waals surface area contributed by atoms with Gasteiger partial charge in [0.05, 0.1) is 12.2 Å². The molecule has 0 bridgehead atoms. The van der Waals surface area contributed by atoms with Crippen molar-refractivity contribution in [2.24, 2.45) is 11.8 Å². The van der Waals surface area contributed by atoms with Gasteiger partial charge >= 0.3 is 12.0 Å². The quantitative estimate of drug-likeness (QED) is 0.672. The maximum Gasteiger partial charge on any atom is 0.315 e. The fraction of sp³-hybridized carbons (Fsp3) is 0.571. The smallest absolute Gasteiger partial charge is 0.315 e. The predicted molar refractivity (Wildman–Crippen MR) is 77.5 cm³/mol. The number of urea groups is 1. The van der Waals surface area contributed by atoms with Crippen molar-refractivity contribution in [2.75, 3.05) is 6.54 Å². The van der Waals surface area contributed by atoms with E-state index in [2.05, 4.69) is 20.6 Å². The zero-order valence-corrected chi connectivity index (χ0v) is 12.4. The summed E-state index contributed by atoms with van der Waals surface area (Å²) < 4.78 is 0. The first kappa shape index (κ1) is 16.9. The Morgan fingerprint density at radius 1 is 1.33 bits per heavy atom. The van der Waals surface area contributed by atoms with Crippen LogP contribution in [0, 0.1) is 11.8 Å². The number of carboxylic acids is 1. The first-order chi connectivity index (χ1) is 9.97. The van der Waals surface area contributed by atoms with Crippen molar-refractivity contribution in [3.05, 3.63) is 24.3 Å². The van der Waals surface area contributed by atoms with E-state index in [-0.39, 0.29) is 18.4 Å². The summed E-state index contributed by atoms with van der Waals surface area (Å²) in [5, 5.41) is 14.3. The van der Waals surface area contributed by atoms with Crippen LogP contribution in [-0.2, 0) is 11.3 Å². The Morgan fingerprint density at radius 3 is 2.67 bits per heavy atom. The van der Waals surface area contributed by atoms with E-state index in [0.29, 0.717) is 24.7 Å². The monoisotopic (exact) mass is 294 g/mol. The Bertz CT molecular complexity index is 451. The summed E-state index contributed by atoms with van der Waals surface area (Å²) in [6.07, 6.45) is 3.84. The molecule has 21 heavy (non-hydrogen) atoms. The number of nitrogens with zero attached hydrogens (tertiary/aromatic N) is 2. The summed E-state index contributed by atoms with van der Waals surface area (Å²) in [6.45, 7) is 4.72. The van der Waals surface area contributed by atoms with Crippen LogP contribution in [0.25, 0.3) is 0 Å². The van der Waals surface area contributed by atoms with Crippen LogP contribution in [0.1, 0.15) is 32.4 Å². The van der Waals surface area contributed by atoms with Gasteiger partial charge < -0.3 is 15.7 Å². The number of aromatic nitrogens is 2. The summed E-state index contributed by atoms with van der Waals surface area (Å²) in [6, 6.07) is 1.39. The topological polar surface area (TPSA) is 104 Å². The maximum atomic E-state index is 11.7. The molecular formula is C14H22N4O3. The minimum Gasteiger partial charge on any atom is -0.481 e. The lowest BCUT2D eigenvalue weighted by molar-refractivity contribution is -0.138. The van der Waals surface area contributed by atoms with Crippen molar-refractivity contribution < 1.29 is 14.7 Å². The fourth-order valence-electron chi connectivity index (χ4n) is 2.05. The largest absolute Gasteiger partial charge is 0.481 e. The zero-order valence-electron chi connectivity index (χ0n) is 12.4. The number of amides is 2. The molecule has 0 aliphatic carbocycles. The zero-order chi connectivity index (χ0) is 15.7. The molecule has 0 radical (unpaired) electrons. The number of aliphatic carboxylic acids is 1. The van der Waals surface area contributed by atoms with E-state index in [4.69, 9.17) is 5.11 Å². The highest BCUT2D eigenvalue weighted by molar-refractivity contribution is 5.74. The van der Waals surface area contributed by atoms with Crippen molar-refractivity contribution in [1.82, 2.24) is 20.6 Å². The molecule has 2 amide bonds. The van der Waals surface area contributed by atoms with Gasteiger partial charge in [-0.1, -0.05) is 13.8 Å². The third-order valence-electron chi connectivity index (χ3n) is 2.89. The van der Waals surface area contributed by atoms with Crippen LogP contribution >= 0.6 is 0 Å². The third-order valence-corrected chi connectivity index (χ3v) is 2.89. The number of hydrogen-bond donors (Lipinski definition) is 3. The van der Waals surface area contributed by atoms with Crippen LogP contribution in [0.2, 0.25) is 0 Å². The van der Waals surface area contributed by atoms with Gasteiger partial charge in [0.1, 0.15) is 6.33 Å². The van der Waals surface area contributed by atoms with Crippen LogP contribution < -0.4 is 10.6 Å². The molecular weight excluding hydrogens is 272 g/mol. The van der Waals surface area contributed by atoms with Gasteiger partial charge in [-0.25, -0.2) is 14.8 Å². The second-order valence-electron chi connectivity index (χ2n) is 5.36. The van der Waals surface area contributed by atoms with Crippen LogP contribution in [0.15, 0.2) is 18.6 Å². The summed E-state index contributed by atoms with van der Waals surface area (Å²) in [5.74, 6) is -0.517. The SMILES string of the molecule is CC(C)CC(CNC(=O)NCc1ccncn1)CC(=O)O. The highest BCUT2D eigenvalue weighted by Crippen LogP contribution is 2.14. The number of carbonyl (C=O) groups is 2. The normalized spacial score (nSPS) is 12.0. The highest BCUT2D eigenvalue weighted by atomic mass is 16.4. The Hall–Kier alpha value is -2.18. The second kappa shape index (κ2) is 8.89. The van der Waals surface area contributed by atoms with Gasteiger partial charge in [0, 0.05) is 19.2 Å². The van der Waals surface area contributed by atoms with E-state index in [9.17, 15) is 9.59 Å². The van der Waals surface area contributed by atoms with Crippen LogP contribution in [0.5, 0.6) is 0 Å². The average molecular weight is 294 g/mol. The van der Waals surface area contributed by atoms with E-state index in [0.717, 1.165) is 6.42 Å². The summed E-state index contributed by atoms with van der Waals surface area (Å²) in [4.78, 5) is 30.3. The first-order valence-electron chi connectivity index (χ1n) is 6.95. The molecule has 7 heteroatoms. The second-order valence-corrected chi connectivity index (χ2v) is 5.36. The van der Waals surface area contributed by atoms with Gasteiger partial charge in [-0.3, -0.25) is 4.79 Å². The van der Waals surface area contributed by atoms with Crippen LogP contribution in [0.4, 0.5) is 4.79 Å².